The average molecular weight is 229 g/mol. The van der Waals surface area contributed by atoms with Crippen LogP contribution in [0.3, 0.4) is 0 Å². The minimum Gasteiger partial charge on any atom is -0.497 e. The molecule has 1 aliphatic rings. The first-order valence-electron chi connectivity index (χ1n) is 3.76. The number of hydrogen-bond acceptors (Lipinski definition) is 2. The number of halogens is 1. The summed E-state index contributed by atoms with van der Waals surface area (Å²) in [5, 5.41) is 0. The van der Waals surface area contributed by atoms with Gasteiger partial charge in [0.25, 0.3) is 0 Å². The van der Waals surface area contributed by atoms with E-state index in [4.69, 9.17) is 9.47 Å². The van der Waals surface area contributed by atoms with E-state index in [1.54, 1.807) is 7.11 Å². The van der Waals surface area contributed by atoms with Crippen molar-refractivity contribution in [1.29, 1.82) is 0 Å². The summed E-state index contributed by atoms with van der Waals surface area (Å²) in [6.07, 6.45) is 0.297. The largest absolute Gasteiger partial charge is 0.497 e. The molecule has 1 fully saturated rings. The molecule has 12 heavy (non-hydrogen) atoms. The molecule has 1 atom stereocenters. The molecule has 0 N–H and O–H groups in total. The maximum absolute atomic E-state index is 5.18. The van der Waals surface area contributed by atoms with Crippen molar-refractivity contribution < 1.29 is 9.47 Å². The number of hydrogen-bond donors (Lipinski definition) is 0. The van der Waals surface area contributed by atoms with Gasteiger partial charge in [-0.3, -0.25) is 0 Å². The van der Waals surface area contributed by atoms with E-state index in [1.807, 2.05) is 18.2 Å². The molecule has 0 saturated carbocycles. The van der Waals surface area contributed by atoms with Crippen molar-refractivity contribution in [3.8, 4) is 5.75 Å². The molecule has 2 nitrogen and oxygen atoms in total. The first-order valence-corrected chi connectivity index (χ1v) is 4.55. The van der Waals surface area contributed by atoms with Gasteiger partial charge in [-0.15, -0.1) is 0 Å². The predicted molar refractivity (Wildman–Crippen MR) is 49.4 cm³/mol. The third kappa shape index (κ3) is 1.47. The van der Waals surface area contributed by atoms with Crippen LogP contribution in [0.15, 0.2) is 22.7 Å². The molecule has 0 aromatic heterocycles. The van der Waals surface area contributed by atoms with E-state index in [0.717, 1.165) is 16.8 Å². The molecule has 0 spiro atoms. The highest BCUT2D eigenvalue weighted by Crippen LogP contribution is 2.36. The Labute approximate surface area is 79.6 Å². The third-order valence-electron chi connectivity index (χ3n) is 1.89. The number of ether oxygens (including phenoxy) is 2. The zero-order valence-electron chi connectivity index (χ0n) is 6.71. The number of benzene rings is 1. The monoisotopic (exact) mass is 228 g/mol. The zero-order chi connectivity index (χ0) is 8.55. The Morgan fingerprint density at radius 1 is 1.58 bits per heavy atom. The molecular weight excluding hydrogens is 220 g/mol. The second-order valence-electron chi connectivity index (χ2n) is 2.71. The molecule has 0 amide bonds. The molecule has 1 aromatic rings. The molecule has 0 unspecified atom stereocenters. The molecule has 2 rings (SSSR count). The fraction of sp³-hybridized carbons (Fsp3) is 0.333. The van der Waals surface area contributed by atoms with Crippen LogP contribution in [0.1, 0.15) is 11.7 Å². The van der Waals surface area contributed by atoms with Crippen LogP contribution in [0.2, 0.25) is 0 Å². The van der Waals surface area contributed by atoms with Crippen LogP contribution < -0.4 is 4.74 Å². The summed E-state index contributed by atoms with van der Waals surface area (Å²) < 4.78 is 11.3. The Morgan fingerprint density at radius 3 is 2.83 bits per heavy atom. The van der Waals surface area contributed by atoms with Crippen molar-refractivity contribution in [2.75, 3.05) is 13.7 Å². The molecule has 64 valence electrons. The van der Waals surface area contributed by atoms with Gasteiger partial charge in [0, 0.05) is 4.47 Å². The Bertz CT molecular complexity index is 295. The van der Waals surface area contributed by atoms with Crippen molar-refractivity contribution >= 4 is 15.9 Å². The summed E-state index contributed by atoms with van der Waals surface area (Å²) in [5.74, 6) is 0.867. The molecular formula is C9H9BrO2. The van der Waals surface area contributed by atoms with Crippen LogP contribution in [0.25, 0.3) is 0 Å². The van der Waals surface area contributed by atoms with E-state index in [1.165, 1.54) is 5.56 Å². The summed E-state index contributed by atoms with van der Waals surface area (Å²) in [4.78, 5) is 0. The van der Waals surface area contributed by atoms with E-state index in [9.17, 15) is 0 Å². The minimum absolute atomic E-state index is 0.297. The lowest BCUT2D eigenvalue weighted by Gasteiger charge is -2.03. The van der Waals surface area contributed by atoms with Crippen LogP contribution in [0.5, 0.6) is 5.75 Å². The van der Waals surface area contributed by atoms with E-state index < -0.39 is 0 Å². The van der Waals surface area contributed by atoms with Crippen LogP contribution in [-0.4, -0.2) is 13.7 Å². The first-order chi connectivity index (χ1) is 5.81. The highest BCUT2D eigenvalue weighted by Gasteiger charge is 2.26. The van der Waals surface area contributed by atoms with E-state index in [0.29, 0.717) is 6.10 Å². The van der Waals surface area contributed by atoms with Gasteiger partial charge in [-0.2, -0.15) is 0 Å². The van der Waals surface area contributed by atoms with Crippen LogP contribution in [0.4, 0.5) is 0 Å². The van der Waals surface area contributed by atoms with Crippen molar-refractivity contribution in [3.63, 3.8) is 0 Å². The lowest BCUT2D eigenvalue weighted by atomic mass is 10.1. The third-order valence-corrected chi connectivity index (χ3v) is 2.57. The quantitative estimate of drug-likeness (QED) is 0.727. The van der Waals surface area contributed by atoms with E-state index >= 15 is 0 Å². The van der Waals surface area contributed by atoms with E-state index in [2.05, 4.69) is 15.9 Å². The summed E-state index contributed by atoms with van der Waals surface area (Å²) >= 11 is 3.47. The van der Waals surface area contributed by atoms with Crippen LogP contribution >= 0.6 is 15.9 Å². The second kappa shape index (κ2) is 3.07. The molecule has 1 aromatic carbocycles. The molecule has 1 aliphatic heterocycles. The van der Waals surface area contributed by atoms with Gasteiger partial charge in [0.15, 0.2) is 0 Å². The molecule has 0 radical (unpaired) electrons. The number of methoxy groups -OCH3 is 1. The fourth-order valence-corrected chi connectivity index (χ4v) is 1.74. The summed E-state index contributed by atoms with van der Waals surface area (Å²) in [5.41, 5.74) is 1.20. The molecule has 0 bridgehead atoms. The minimum atomic E-state index is 0.297. The highest BCUT2D eigenvalue weighted by atomic mass is 79.9. The topological polar surface area (TPSA) is 21.8 Å². The number of rotatable bonds is 2. The Kier molecular flexibility index (Phi) is 2.07. The second-order valence-corrected chi connectivity index (χ2v) is 3.56. The Hall–Kier alpha value is -0.540. The zero-order valence-corrected chi connectivity index (χ0v) is 8.30. The maximum atomic E-state index is 5.18. The van der Waals surface area contributed by atoms with Gasteiger partial charge >= 0.3 is 0 Å². The molecule has 3 heteroatoms. The molecule has 0 aliphatic carbocycles. The van der Waals surface area contributed by atoms with Crippen LogP contribution in [0, 0.1) is 0 Å². The normalized spacial score (nSPS) is 20.7. The standard InChI is InChI=1S/C9H9BrO2/c1-11-6-2-3-7(8(10)4-6)9-5-12-9/h2-4,9H,5H2,1H3/t9-/m0/s1. The molecule has 1 saturated heterocycles. The van der Waals surface area contributed by atoms with Gasteiger partial charge in [0.2, 0.25) is 0 Å². The summed E-state index contributed by atoms with van der Waals surface area (Å²) in [6, 6.07) is 5.93. The highest BCUT2D eigenvalue weighted by molar-refractivity contribution is 9.10. The van der Waals surface area contributed by atoms with Crippen molar-refractivity contribution in [2.45, 2.75) is 6.10 Å². The smallest absolute Gasteiger partial charge is 0.120 e. The van der Waals surface area contributed by atoms with Gasteiger partial charge in [0.05, 0.1) is 13.7 Å². The van der Waals surface area contributed by atoms with Gasteiger partial charge in [0.1, 0.15) is 11.9 Å². The van der Waals surface area contributed by atoms with Crippen molar-refractivity contribution in [1.82, 2.24) is 0 Å². The van der Waals surface area contributed by atoms with Gasteiger partial charge in [-0.25, -0.2) is 0 Å². The first kappa shape index (κ1) is 8.08. The molecule has 1 heterocycles. The summed E-state index contributed by atoms with van der Waals surface area (Å²) in [7, 11) is 1.66. The van der Waals surface area contributed by atoms with Gasteiger partial charge in [-0.1, -0.05) is 22.0 Å². The fourth-order valence-electron chi connectivity index (χ4n) is 1.12. The lowest BCUT2D eigenvalue weighted by Crippen LogP contribution is -1.86. The van der Waals surface area contributed by atoms with Crippen molar-refractivity contribution in [2.24, 2.45) is 0 Å². The van der Waals surface area contributed by atoms with E-state index in [-0.39, 0.29) is 0 Å². The summed E-state index contributed by atoms with van der Waals surface area (Å²) in [6.45, 7) is 0.838. The van der Waals surface area contributed by atoms with Crippen LogP contribution in [-0.2, 0) is 4.74 Å². The SMILES string of the molecule is COc1ccc([C@@H]2CO2)c(Br)c1. The van der Waals surface area contributed by atoms with Crippen molar-refractivity contribution in [3.05, 3.63) is 28.2 Å². The Morgan fingerprint density at radius 2 is 2.33 bits per heavy atom. The average Bonchev–Trinajstić information content (AvgIpc) is 2.87. The lowest BCUT2D eigenvalue weighted by molar-refractivity contribution is 0.408. The van der Waals surface area contributed by atoms with Gasteiger partial charge in [-0.05, 0) is 17.7 Å². The Balaban J connectivity index is 2.32. The number of epoxide rings is 1. The van der Waals surface area contributed by atoms with Gasteiger partial charge < -0.3 is 9.47 Å². The predicted octanol–water partition coefficient (Wildman–Crippen LogP) is 2.53. The maximum Gasteiger partial charge on any atom is 0.120 e.